The SMILES string of the molecule is CC(=O)C=CB1OC(C)(C)C(C)(C)O1. The van der Waals surface area contributed by atoms with E-state index in [9.17, 15) is 4.79 Å². The molecule has 14 heavy (non-hydrogen) atoms. The van der Waals surface area contributed by atoms with Crippen LogP contribution >= 0.6 is 0 Å². The van der Waals surface area contributed by atoms with Crippen molar-refractivity contribution < 1.29 is 14.1 Å². The van der Waals surface area contributed by atoms with Crippen LogP contribution in [0, 0.1) is 0 Å². The van der Waals surface area contributed by atoms with Gasteiger partial charge in [0.05, 0.1) is 11.2 Å². The maximum atomic E-state index is 10.7. The number of carbonyl (C=O) groups excluding carboxylic acids is 1. The summed E-state index contributed by atoms with van der Waals surface area (Å²) in [5, 5.41) is 0. The van der Waals surface area contributed by atoms with Crippen molar-refractivity contribution in [2.45, 2.75) is 45.8 Å². The van der Waals surface area contributed by atoms with Crippen LogP contribution < -0.4 is 0 Å². The topological polar surface area (TPSA) is 35.5 Å². The molecule has 0 saturated carbocycles. The Kier molecular flexibility index (Phi) is 2.88. The van der Waals surface area contributed by atoms with E-state index in [1.54, 1.807) is 5.98 Å². The lowest BCUT2D eigenvalue weighted by Gasteiger charge is -2.32. The molecule has 1 heterocycles. The van der Waals surface area contributed by atoms with Crippen LogP contribution in [-0.4, -0.2) is 24.1 Å². The van der Waals surface area contributed by atoms with Crippen molar-refractivity contribution in [2.75, 3.05) is 0 Å². The van der Waals surface area contributed by atoms with Gasteiger partial charge in [-0.15, -0.1) is 0 Å². The van der Waals surface area contributed by atoms with Crippen LogP contribution in [0.25, 0.3) is 0 Å². The Hall–Kier alpha value is -0.605. The van der Waals surface area contributed by atoms with E-state index in [0.717, 1.165) is 0 Å². The molecule has 0 N–H and O–H groups in total. The Morgan fingerprint density at radius 2 is 1.57 bits per heavy atom. The first-order valence-corrected chi connectivity index (χ1v) is 4.79. The molecule has 0 unspecified atom stereocenters. The highest BCUT2D eigenvalue weighted by Crippen LogP contribution is 2.36. The van der Waals surface area contributed by atoms with Crippen molar-refractivity contribution in [2.24, 2.45) is 0 Å². The van der Waals surface area contributed by atoms with Gasteiger partial charge < -0.3 is 9.31 Å². The first kappa shape index (κ1) is 11.5. The van der Waals surface area contributed by atoms with E-state index in [-0.39, 0.29) is 17.0 Å². The van der Waals surface area contributed by atoms with Gasteiger partial charge in [0.25, 0.3) is 0 Å². The number of hydrogen-bond acceptors (Lipinski definition) is 3. The summed E-state index contributed by atoms with van der Waals surface area (Å²) in [5.74, 6) is 1.65. The van der Waals surface area contributed by atoms with Crippen molar-refractivity contribution in [1.82, 2.24) is 0 Å². The Balaban J connectivity index is 2.69. The van der Waals surface area contributed by atoms with Gasteiger partial charge >= 0.3 is 7.12 Å². The second-order valence-corrected chi connectivity index (χ2v) is 4.59. The summed E-state index contributed by atoms with van der Waals surface area (Å²) in [6, 6.07) is 0. The molecule has 78 valence electrons. The third-order valence-electron chi connectivity index (χ3n) is 2.76. The van der Waals surface area contributed by atoms with Crippen LogP contribution in [0.1, 0.15) is 34.6 Å². The summed E-state index contributed by atoms with van der Waals surface area (Å²) in [6.07, 6.45) is 1.47. The van der Waals surface area contributed by atoms with Gasteiger partial charge in [0.2, 0.25) is 0 Å². The van der Waals surface area contributed by atoms with Gasteiger partial charge in [-0.3, -0.25) is 4.79 Å². The number of rotatable bonds is 2. The summed E-state index contributed by atoms with van der Waals surface area (Å²) in [6.45, 7) is 9.42. The maximum Gasteiger partial charge on any atom is 0.487 e. The molecule has 0 aromatic rings. The molecule has 0 aromatic heterocycles. The van der Waals surface area contributed by atoms with E-state index in [1.165, 1.54) is 13.0 Å². The first-order valence-electron chi connectivity index (χ1n) is 4.79. The van der Waals surface area contributed by atoms with Crippen molar-refractivity contribution in [3.8, 4) is 0 Å². The molecule has 0 radical (unpaired) electrons. The van der Waals surface area contributed by atoms with Crippen LogP contribution in [-0.2, 0) is 14.1 Å². The van der Waals surface area contributed by atoms with Crippen LogP contribution in [0.4, 0.5) is 0 Å². The van der Waals surface area contributed by atoms with E-state index < -0.39 is 7.12 Å². The minimum atomic E-state index is -0.413. The fourth-order valence-corrected chi connectivity index (χ4v) is 1.18. The lowest BCUT2D eigenvalue weighted by atomic mass is 9.90. The molecule has 0 atom stereocenters. The zero-order chi connectivity index (χ0) is 11.0. The number of allylic oxidation sites excluding steroid dienone is 1. The first-order chi connectivity index (χ1) is 6.24. The molecule has 3 nitrogen and oxygen atoms in total. The van der Waals surface area contributed by atoms with Crippen LogP contribution in [0.15, 0.2) is 12.1 Å². The highest BCUT2D eigenvalue weighted by atomic mass is 16.7. The lowest BCUT2D eigenvalue weighted by Crippen LogP contribution is -2.41. The maximum absolute atomic E-state index is 10.7. The highest BCUT2D eigenvalue weighted by molar-refractivity contribution is 6.52. The summed E-state index contributed by atoms with van der Waals surface area (Å²) in [4.78, 5) is 10.7. The third-order valence-corrected chi connectivity index (χ3v) is 2.76. The standard InChI is InChI=1S/C10H17BO3/c1-8(12)6-7-11-13-9(2,3)10(4,5)14-11/h6-7H,1-5H3. The van der Waals surface area contributed by atoms with Gasteiger partial charge in [0, 0.05) is 0 Å². The summed E-state index contributed by atoms with van der Waals surface area (Å²) >= 11 is 0. The fourth-order valence-electron chi connectivity index (χ4n) is 1.18. The van der Waals surface area contributed by atoms with E-state index in [0.29, 0.717) is 0 Å². The second kappa shape index (κ2) is 3.52. The highest BCUT2D eigenvalue weighted by Gasteiger charge is 2.49. The Labute approximate surface area is 85.6 Å². The second-order valence-electron chi connectivity index (χ2n) is 4.59. The van der Waals surface area contributed by atoms with Crippen molar-refractivity contribution >= 4 is 12.9 Å². The largest absolute Gasteiger partial charge is 0.487 e. The molecular weight excluding hydrogens is 179 g/mol. The van der Waals surface area contributed by atoms with E-state index in [1.807, 2.05) is 27.7 Å². The molecule has 0 bridgehead atoms. The zero-order valence-electron chi connectivity index (χ0n) is 9.46. The molecule has 1 aliphatic rings. The monoisotopic (exact) mass is 196 g/mol. The fraction of sp³-hybridized carbons (Fsp3) is 0.700. The molecule has 1 rings (SSSR count). The Morgan fingerprint density at radius 3 is 1.93 bits per heavy atom. The lowest BCUT2D eigenvalue weighted by molar-refractivity contribution is -0.112. The third kappa shape index (κ3) is 2.25. The van der Waals surface area contributed by atoms with Gasteiger partial charge in [-0.05, 0) is 40.7 Å². The minimum absolute atomic E-state index is 0.000266. The Morgan fingerprint density at radius 1 is 1.14 bits per heavy atom. The molecule has 0 aliphatic carbocycles. The molecule has 1 saturated heterocycles. The van der Waals surface area contributed by atoms with Gasteiger partial charge in [0.15, 0.2) is 5.78 Å². The summed E-state index contributed by atoms with van der Waals surface area (Å²) in [5.41, 5.74) is -0.669. The molecule has 0 spiro atoms. The average Bonchev–Trinajstić information content (AvgIpc) is 2.17. The van der Waals surface area contributed by atoms with E-state index in [2.05, 4.69) is 0 Å². The van der Waals surface area contributed by atoms with Crippen molar-refractivity contribution in [3.63, 3.8) is 0 Å². The van der Waals surface area contributed by atoms with Gasteiger partial charge in [0.1, 0.15) is 0 Å². The summed E-state index contributed by atoms with van der Waals surface area (Å²) < 4.78 is 11.3. The quantitative estimate of drug-likeness (QED) is 0.498. The molecular formula is C10H17BO3. The van der Waals surface area contributed by atoms with Gasteiger partial charge in [-0.1, -0.05) is 5.98 Å². The number of ketones is 1. The van der Waals surface area contributed by atoms with E-state index >= 15 is 0 Å². The van der Waals surface area contributed by atoms with Crippen LogP contribution in [0.5, 0.6) is 0 Å². The predicted octanol–water partition coefficient (Wildman–Crippen LogP) is 1.76. The van der Waals surface area contributed by atoms with Crippen LogP contribution in [0.3, 0.4) is 0 Å². The molecule has 4 heteroatoms. The number of carbonyl (C=O) groups is 1. The van der Waals surface area contributed by atoms with Gasteiger partial charge in [-0.2, -0.15) is 0 Å². The van der Waals surface area contributed by atoms with Gasteiger partial charge in [-0.25, -0.2) is 0 Å². The molecule has 0 amide bonds. The smallest absolute Gasteiger partial charge is 0.400 e. The minimum Gasteiger partial charge on any atom is -0.400 e. The molecule has 0 aromatic carbocycles. The van der Waals surface area contributed by atoms with E-state index in [4.69, 9.17) is 9.31 Å². The summed E-state index contributed by atoms with van der Waals surface area (Å²) in [7, 11) is -0.413. The predicted molar refractivity (Wildman–Crippen MR) is 55.9 cm³/mol. The van der Waals surface area contributed by atoms with Crippen molar-refractivity contribution in [1.29, 1.82) is 0 Å². The molecule has 1 fully saturated rings. The zero-order valence-corrected chi connectivity index (χ0v) is 9.46. The van der Waals surface area contributed by atoms with Crippen molar-refractivity contribution in [3.05, 3.63) is 12.1 Å². The van der Waals surface area contributed by atoms with Crippen LogP contribution in [0.2, 0.25) is 0 Å². The molecule has 1 aliphatic heterocycles. The normalized spacial score (nSPS) is 24.5. The Bertz CT molecular complexity index is 253. The number of hydrogen-bond donors (Lipinski definition) is 0. The average molecular weight is 196 g/mol.